The second kappa shape index (κ2) is 6.94. The topological polar surface area (TPSA) is 55.6 Å². The van der Waals surface area contributed by atoms with Crippen LogP contribution in [0.5, 0.6) is 0 Å². The first-order chi connectivity index (χ1) is 12.1. The molecule has 2 saturated carbocycles. The van der Waals surface area contributed by atoms with Crippen molar-refractivity contribution in [2.75, 3.05) is 5.32 Å². The van der Waals surface area contributed by atoms with Crippen molar-refractivity contribution in [2.24, 2.45) is 18.9 Å². The Morgan fingerprint density at radius 2 is 1.92 bits per heavy atom. The molecule has 134 valence electrons. The van der Waals surface area contributed by atoms with Gasteiger partial charge in [0, 0.05) is 24.3 Å². The van der Waals surface area contributed by atoms with E-state index in [1.54, 1.807) is 6.20 Å². The Morgan fingerprint density at radius 1 is 1.16 bits per heavy atom. The van der Waals surface area contributed by atoms with Crippen molar-refractivity contribution < 1.29 is 0 Å². The van der Waals surface area contributed by atoms with Crippen LogP contribution in [0.2, 0.25) is 5.02 Å². The molecular formula is C19H26ClN5. The molecule has 0 bridgehead atoms. The lowest BCUT2D eigenvalue weighted by molar-refractivity contribution is 0.360. The van der Waals surface area contributed by atoms with Crippen molar-refractivity contribution in [1.82, 2.24) is 19.7 Å². The molecule has 2 aromatic heterocycles. The summed E-state index contributed by atoms with van der Waals surface area (Å²) in [6, 6.07) is 0.463. The summed E-state index contributed by atoms with van der Waals surface area (Å²) in [7, 11) is 2.00. The van der Waals surface area contributed by atoms with Crippen LogP contribution < -0.4 is 5.32 Å². The summed E-state index contributed by atoms with van der Waals surface area (Å²) in [5.41, 5.74) is 3.06. The molecule has 2 heterocycles. The highest BCUT2D eigenvalue weighted by Crippen LogP contribution is 2.37. The molecule has 4 rings (SSSR count). The van der Waals surface area contributed by atoms with Crippen LogP contribution in [0.3, 0.4) is 0 Å². The quantitative estimate of drug-likeness (QED) is 0.855. The molecule has 0 unspecified atom stereocenters. The van der Waals surface area contributed by atoms with E-state index in [1.165, 1.54) is 44.2 Å². The van der Waals surface area contributed by atoms with E-state index in [9.17, 15) is 0 Å². The predicted octanol–water partition coefficient (Wildman–Crippen LogP) is 4.47. The van der Waals surface area contributed by atoms with E-state index in [0.717, 1.165) is 29.5 Å². The summed E-state index contributed by atoms with van der Waals surface area (Å²) in [5.74, 6) is 2.30. The Labute approximate surface area is 154 Å². The van der Waals surface area contributed by atoms with Crippen molar-refractivity contribution in [3.05, 3.63) is 23.1 Å². The van der Waals surface area contributed by atoms with Gasteiger partial charge < -0.3 is 5.32 Å². The van der Waals surface area contributed by atoms with Gasteiger partial charge in [-0.25, -0.2) is 9.97 Å². The largest absolute Gasteiger partial charge is 0.351 e. The third-order valence-corrected chi connectivity index (χ3v) is 5.87. The lowest BCUT2D eigenvalue weighted by Crippen LogP contribution is -2.26. The third-order valence-electron chi connectivity index (χ3n) is 5.59. The second-order valence-corrected chi connectivity index (χ2v) is 8.17. The molecule has 2 aromatic rings. The van der Waals surface area contributed by atoms with Crippen LogP contribution in [0.25, 0.3) is 11.3 Å². The van der Waals surface area contributed by atoms with E-state index >= 15 is 0 Å². The number of rotatable bonds is 5. The first kappa shape index (κ1) is 16.8. The number of anilines is 1. The zero-order valence-corrected chi connectivity index (χ0v) is 15.8. The Bertz CT molecular complexity index is 744. The Hall–Kier alpha value is -1.62. The number of nitrogens with zero attached hydrogens (tertiary/aromatic N) is 4. The minimum absolute atomic E-state index is 0.463. The van der Waals surface area contributed by atoms with Gasteiger partial charge in [0.2, 0.25) is 5.95 Å². The summed E-state index contributed by atoms with van der Waals surface area (Å²) < 4.78 is 1.96. The molecule has 2 aliphatic carbocycles. The van der Waals surface area contributed by atoms with Crippen LogP contribution in [0.4, 0.5) is 5.95 Å². The van der Waals surface area contributed by atoms with Gasteiger partial charge in [0.15, 0.2) is 0 Å². The molecule has 2 aliphatic rings. The minimum Gasteiger partial charge on any atom is -0.351 e. The molecule has 6 heteroatoms. The van der Waals surface area contributed by atoms with Gasteiger partial charge in [-0.15, -0.1) is 0 Å². The van der Waals surface area contributed by atoms with Gasteiger partial charge in [-0.2, -0.15) is 5.10 Å². The minimum atomic E-state index is 0.463. The SMILES string of the molecule is CC1CCC(Nc2ncc(Cl)c(-c3cnn(C)c3CC3CC3)n2)CC1. The Kier molecular flexibility index (Phi) is 4.67. The number of hydrogen-bond donors (Lipinski definition) is 1. The van der Waals surface area contributed by atoms with Crippen LogP contribution in [0.15, 0.2) is 12.4 Å². The van der Waals surface area contributed by atoms with Crippen molar-refractivity contribution >= 4 is 17.5 Å². The van der Waals surface area contributed by atoms with Crippen molar-refractivity contribution in [1.29, 1.82) is 0 Å². The molecule has 0 aromatic carbocycles. The molecular weight excluding hydrogens is 334 g/mol. The molecule has 0 amide bonds. The van der Waals surface area contributed by atoms with Crippen LogP contribution >= 0.6 is 11.6 Å². The van der Waals surface area contributed by atoms with Crippen LogP contribution in [-0.4, -0.2) is 25.8 Å². The van der Waals surface area contributed by atoms with Gasteiger partial charge >= 0.3 is 0 Å². The maximum atomic E-state index is 6.44. The molecule has 0 radical (unpaired) electrons. The number of aryl methyl sites for hydroxylation is 1. The molecule has 0 aliphatic heterocycles. The van der Waals surface area contributed by atoms with Gasteiger partial charge in [0.25, 0.3) is 0 Å². The fraction of sp³-hybridized carbons (Fsp3) is 0.632. The molecule has 0 atom stereocenters. The standard InChI is InChI=1S/C19H26ClN5/c1-12-3-7-14(8-4-12)23-19-21-11-16(20)18(24-19)15-10-22-25(2)17(15)9-13-5-6-13/h10-14H,3-9H2,1-2H3,(H,21,23,24). The zero-order chi connectivity index (χ0) is 17.4. The maximum Gasteiger partial charge on any atom is 0.223 e. The molecule has 1 N–H and O–H groups in total. The van der Waals surface area contributed by atoms with Gasteiger partial charge in [-0.1, -0.05) is 18.5 Å². The fourth-order valence-electron chi connectivity index (χ4n) is 3.71. The van der Waals surface area contributed by atoms with Gasteiger partial charge in [0.05, 0.1) is 23.1 Å². The smallest absolute Gasteiger partial charge is 0.223 e. The zero-order valence-electron chi connectivity index (χ0n) is 15.0. The monoisotopic (exact) mass is 359 g/mol. The van der Waals surface area contributed by atoms with E-state index in [-0.39, 0.29) is 0 Å². The lowest BCUT2D eigenvalue weighted by Gasteiger charge is -2.27. The fourth-order valence-corrected chi connectivity index (χ4v) is 3.90. The number of hydrogen-bond acceptors (Lipinski definition) is 4. The van der Waals surface area contributed by atoms with Crippen molar-refractivity contribution in [3.63, 3.8) is 0 Å². The highest BCUT2D eigenvalue weighted by Gasteiger charge is 2.26. The third kappa shape index (κ3) is 3.81. The average Bonchev–Trinajstić information content (AvgIpc) is 3.35. The van der Waals surface area contributed by atoms with Crippen LogP contribution in [0, 0.1) is 11.8 Å². The van der Waals surface area contributed by atoms with Gasteiger partial charge in [-0.05, 0) is 56.8 Å². The molecule has 0 saturated heterocycles. The van der Waals surface area contributed by atoms with E-state index in [2.05, 4.69) is 22.3 Å². The summed E-state index contributed by atoms with van der Waals surface area (Å²) in [6.45, 7) is 2.33. The normalized spacial score (nSPS) is 23.6. The Balaban J connectivity index is 1.57. The summed E-state index contributed by atoms with van der Waals surface area (Å²) in [6.07, 6.45) is 12.2. The highest BCUT2D eigenvalue weighted by molar-refractivity contribution is 6.32. The average molecular weight is 360 g/mol. The summed E-state index contributed by atoms with van der Waals surface area (Å²) in [4.78, 5) is 9.16. The second-order valence-electron chi connectivity index (χ2n) is 7.77. The van der Waals surface area contributed by atoms with Crippen molar-refractivity contribution in [2.45, 2.75) is 57.9 Å². The maximum absolute atomic E-state index is 6.44. The molecule has 25 heavy (non-hydrogen) atoms. The Morgan fingerprint density at radius 3 is 2.64 bits per heavy atom. The number of nitrogens with one attached hydrogen (secondary N) is 1. The van der Waals surface area contributed by atoms with Gasteiger partial charge in [0.1, 0.15) is 0 Å². The van der Waals surface area contributed by atoms with Crippen LogP contribution in [0.1, 0.15) is 51.1 Å². The van der Waals surface area contributed by atoms with E-state index in [0.29, 0.717) is 17.0 Å². The molecule has 5 nitrogen and oxygen atoms in total. The number of halogens is 1. The highest BCUT2D eigenvalue weighted by atomic mass is 35.5. The van der Waals surface area contributed by atoms with Gasteiger partial charge in [-0.3, -0.25) is 4.68 Å². The number of aromatic nitrogens is 4. The predicted molar refractivity (Wildman–Crippen MR) is 101 cm³/mol. The van der Waals surface area contributed by atoms with E-state index in [4.69, 9.17) is 16.6 Å². The summed E-state index contributed by atoms with van der Waals surface area (Å²) in [5, 5.41) is 8.55. The first-order valence-corrected chi connectivity index (χ1v) is 9.78. The first-order valence-electron chi connectivity index (χ1n) is 9.40. The summed E-state index contributed by atoms with van der Waals surface area (Å²) >= 11 is 6.44. The molecule has 0 spiro atoms. The van der Waals surface area contributed by atoms with Crippen molar-refractivity contribution in [3.8, 4) is 11.3 Å². The van der Waals surface area contributed by atoms with E-state index in [1.807, 2.05) is 17.9 Å². The lowest BCUT2D eigenvalue weighted by atomic mass is 9.87. The molecule has 2 fully saturated rings. The van der Waals surface area contributed by atoms with Crippen LogP contribution in [-0.2, 0) is 13.5 Å². The van der Waals surface area contributed by atoms with E-state index < -0.39 is 0 Å².